The average Bonchev–Trinajstić information content (AvgIpc) is 3.37. The van der Waals surface area contributed by atoms with Crippen molar-refractivity contribution in [2.45, 2.75) is 78.7 Å². The van der Waals surface area contributed by atoms with Crippen molar-refractivity contribution in [1.82, 2.24) is 19.4 Å². The summed E-state index contributed by atoms with van der Waals surface area (Å²) in [6.45, 7) is 13.5. The highest BCUT2D eigenvalue weighted by molar-refractivity contribution is 5.95. The van der Waals surface area contributed by atoms with Gasteiger partial charge in [-0.05, 0) is 56.4 Å². The van der Waals surface area contributed by atoms with Gasteiger partial charge in [0.15, 0.2) is 0 Å². The van der Waals surface area contributed by atoms with Crippen molar-refractivity contribution in [2.75, 3.05) is 60.9 Å². The van der Waals surface area contributed by atoms with Gasteiger partial charge in [0.1, 0.15) is 5.82 Å². The molecule has 1 N–H and O–H groups in total. The van der Waals surface area contributed by atoms with Gasteiger partial charge in [-0.15, -0.1) is 0 Å². The molecule has 0 unspecified atom stereocenters. The van der Waals surface area contributed by atoms with Crippen molar-refractivity contribution in [1.29, 1.82) is 0 Å². The second-order valence-electron chi connectivity index (χ2n) is 12.2. The van der Waals surface area contributed by atoms with Crippen LogP contribution < -0.4 is 15.1 Å². The number of carbonyl (C=O) groups is 1. The zero-order chi connectivity index (χ0) is 28.6. The van der Waals surface area contributed by atoms with Crippen LogP contribution in [0.5, 0.6) is 0 Å². The molecule has 0 aliphatic carbocycles. The molecular weight excluding hydrogens is 510 g/mol. The molecule has 2 aliphatic heterocycles. The molecule has 0 radical (unpaired) electrons. The predicted octanol–water partition coefficient (Wildman–Crippen LogP) is 6.10. The number of carbonyl (C=O) groups excluding carboxylic acids is 1. The highest BCUT2D eigenvalue weighted by Gasteiger charge is 2.23. The lowest BCUT2D eigenvalue weighted by Gasteiger charge is -2.35. The van der Waals surface area contributed by atoms with Crippen LogP contribution in [0.4, 0.5) is 17.5 Å². The maximum atomic E-state index is 12.9. The van der Waals surface area contributed by atoms with E-state index < -0.39 is 0 Å². The van der Waals surface area contributed by atoms with Gasteiger partial charge >= 0.3 is 0 Å². The Labute approximate surface area is 246 Å². The van der Waals surface area contributed by atoms with E-state index in [1.165, 1.54) is 62.3 Å². The molecule has 2 aromatic heterocycles. The largest absolute Gasteiger partial charge is 0.356 e. The fourth-order valence-electron chi connectivity index (χ4n) is 6.12. The zero-order valence-corrected chi connectivity index (χ0v) is 25.4. The number of amides is 1. The molecule has 41 heavy (non-hydrogen) atoms. The van der Waals surface area contributed by atoms with E-state index in [0.29, 0.717) is 6.54 Å². The van der Waals surface area contributed by atoms with E-state index >= 15 is 0 Å². The van der Waals surface area contributed by atoms with Crippen molar-refractivity contribution in [3.63, 3.8) is 0 Å². The van der Waals surface area contributed by atoms with Crippen LogP contribution in [0.2, 0.25) is 0 Å². The monoisotopic (exact) mass is 559 g/mol. The number of unbranched alkanes of at least 4 members (excludes halogenated alkanes) is 5. The maximum absolute atomic E-state index is 12.9. The highest BCUT2D eigenvalue weighted by Crippen LogP contribution is 2.25. The average molecular weight is 560 g/mol. The fraction of sp³-hybridized carbons (Fsp3) is 0.606. The number of hydrogen-bond acceptors (Lipinski definition) is 6. The summed E-state index contributed by atoms with van der Waals surface area (Å²) in [5.41, 5.74) is 3.12. The number of fused-ring (bicyclic) bond motifs is 1. The molecule has 1 amide bonds. The Balaban J connectivity index is 1.08. The van der Waals surface area contributed by atoms with E-state index in [2.05, 4.69) is 75.8 Å². The number of nitrogens with zero attached hydrogens (tertiary/aromatic N) is 6. The second kappa shape index (κ2) is 14.2. The normalized spacial score (nSPS) is 17.0. The lowest BCUT2D eigenvalue weighted by molar-refractivity contribution is -0.117. The van der Waals surface area contributed by atoms with Gasteiger partial charge < -0.3 is 19.7 Å². The molecule has 8 heteroatoms. The maximum Gasteiger partial charge on any atom is 0.238 e. The molecule has 2 aliphatic rings. The summed E-state index contributed by atoms with van der Waals surface area (Å²) in [6.07, 6.45) is 12.4. The number of benzene rings is 1. The molecule has 0 bridgehead atoms. The van der Waals surface area contributed by atoms with Gasteiger partial charge in [0.25, 0.3) is 0 Å². The minimum atomic E-state index is 0.0396. The van der Waals surface area contributed by atoms with E-state index in [-0.39, 0.29) is 5.91 Å². The minimum Gasteiger partial charge on any atom is -0.356 e. The molecule has 2 saturated heterocycles. The summed E-state index contributed by atoms with van der Waals surface area (Å²) < 4.78 is 2.34. The first-order chi connectivity index (χ1) is 20.0. The van der Waals surface area contributed by atoms with Crippen LogP contribution in [0.1, 0.15) is 70.9 Å². The van der Waals surface area contributed by atoms with Crippen LogP contribution >= 0.6 is 0 Å². The van der Waals surface area contributed by atoms with Gasteiger partial charge in [0.05, 0.1) is 6.54 Å². The third kappa shape index (κ3) is 8.00. The molecule has 222 valence electrons. The molecule has 2 fully saturated rings. The smallest absolute Gasteiger partial charge is 0.238 e. The molecule has 5 rings (SSSR count). The lowest BCUT2D eigenvalue weighted by atomic mass is 9.99. The molecular formula is C33H49N7O. The number of hydrogen-bond donors (Lipinski definition) is 1. The first-order valence-electron chi connectivity index (χ1n) is 15.9. The number of piperidine rings is 1. The topological polar surface area (TPSA) is 69.5 Å². The molecule has 4 heterocycles. The third-order valence-corrected chi connectivity index (χ3v) is 8.77. The van der Waals surface area contributed by atoms with E-state index in [1.54, 1.807) is 0 Å². The van der Waals surface area contributed by atoms with Crippen LogP contribution in [-0.2, 0) is 11.3 Å². The first-order valence-corrected chi connectivity index (χ1v) is 15.9. The Hall–Kier alpha value is -3.13. The van der Waals surface area contributed by atoms with Gasteiger partial charge in [-0.1, -0.05) is 46.0 Å². The van der Waals surface area contributed by atoms with Crippen LogP contribution in [0.25, 0.3) is 10.9 Å². The summed E-state index contributed by atoms with van der Waals surface area (Å²) in [6, 6.07) is 10.5. The van der Waals surface area contributed by atoms with Crippen molar-refractivity contribution in [3.8, 4) is 0 Å². The number of aromatic nitrogens is 3. The zero-order valence-electron chi connectivity index (χ0n) is 25.4. The molecule has 0 spiro atoms. The quantitative estimate of drug-likeness (QED) is 0.271. The Kier molecular flexibility index (Phi) is 10.1. The second-order valence-corrected chi connectivity index (χ2v) is 12.2. The van der Waals surface area contributed by atoms with Gasteiger partial charge in [-0.3, -0.25) is 9.69 Å². The van der Waals surface area contributed by atoms with Gasteiger partial charge in [-0.25, -0.2) is 4.98 Å². The summed E-state index contributed by atoms with van der Waals surface area (Å²) in [7, 11) is 0. The van der Waals surface area contributed by atoms with Crippen molar-refractivity contribution >= 4 is 34.3 Å². The van der Waals surface area contributed by atoms with E-state index in [1.807, 2.05) is 6.07 Å². The van der Waals surface area contributed by atoms with E-state index in [4.69, 9.17) is 9.97 Å². The van der Waals surface area contributed by atoms with Crippen LogP contribution in [0.3, 0.4) is 0 Å². The number of aryl methyl sites for hydroxylation is 2. The molecule has 1 aromatic carbocycles. The van der Waals surface area contributed by atoms with E-state index in [9.17, 15) is 4.79 Å². The number of anilines is 3. The summed E-state index contributed by atoms with van der Waals surface area (Å²) in [5, 5.41) is 4.31. The Morgan fingerprint density at radius 1 is 0.902 bits per heavy atom. The Morgan fingerprint density at radius 2 is 1.66 bits per heavy atom. The number of nitrogens with one attached hydrogen (secondary N) is 1. The standard InChI is InChI=1S/C33H49N7O/c1-4-5-6-7-8-9-15-38-18-14-28-24-29(10-11-30(28)38)35-32(41)25-37-19-21-40(22-20-37)33-34-27(3)23-31(36-33)39-16-12-26(2)13-17-39/h10-11,14,18,23-24,26H,4-9,12-13,15-17,19-22,25H2,1-3H3,(H,35,41). The van der Waals surface area contributed by atoms with Crippen LogP contribution in [0.15, 0.2) is 36.5 Å². The van der Waals surface area contributed by atoms with Crippen LogP contribution in [0, 0.1) is 12.8 Å². The van der Waals surface area contributed by atoms with Crippen molar-refractivity contribution < 1.29 is 4.79 Å². The van der Waals surface area contributed by atoms with Crippen molar-refractivity contribution in [2.24, 2.45) is 5.92 Å². The molecule has 0 atom stereocenters. The Bertz CT molecular complexity index is 1270. The van der Waals surface area contributed by atoms with E-state index in [0.717, 1.165) is 74.9 Å². The number of piperazine rings is 1. The molecule has 0 saturated carbocycles. The minimum absolute atomic E-state index is 0.0396. The summed E-state index contributed by atoms with van der Waals surface area (Å²) >= 11 is 0. The van der Waals surface area contributed by atoms with Crippen molar-refractivity contribution in [3.05, 3.63) is 42.2 Å². The van der Waals surface area contributed by atoms with Gasteiger partial charge in [0.2, 0.25) is 11.9 Å². The summed E-state index contributed by atoms with van der Waals surface area (Å²) in [4.78, 5) is 29.5. The first kappa shape index (κ1) is 29.4. The molecule has 8 nitrogen and oxygen atoms in total. The van der Waals surface area contributed by atoms with Gasteiger partial charge in [-0.2, -0.15) is 4.98 Å². The predicted molar refractivity (Wildman–Crippen MR) is 170 cm³/mol. The fourth-order valence-corrected chi connectivity index (χ4v) is 6.12. The lowest BCUT2D eigenvalue weighted by Crippen LogP contribution is -2.49. The van der Waals surface area contributed by atoms with Gasteiger partial charge in [0, 0.05) is 80.4 Å². The number of rotatable bonds is 12. The third-order valence-electron chi connectivity index (χ3n) is 8.77. The molecule has 3 aromatic rings. The van der Waals surface area contributed by atoms with Crippen LogP contribution in [-0.4, -0.2) is 71.2 Å². The Morgan fingerprint density at radius 3 is 2.44 bits per heavy atom. The summed E-state index contributed by atoms with van der Waals surface area (Å²) in [5.74, 6) is 2.71. The highest BCUT2D eigenvalue weighted by atomic mass is 16.2. The SMILES string of the molecule is CCCCCCCCn1ccc2cc(NC(=O)CN3CCN(c4nc(C)cc(N5CCC(C)CC5)n4)CC3)ccc21.